The first-order chi connectivity index (χ1) is 9.65. The second-order valence-electron chi connectivity index (χ2n) is 5.11. The molecule has 0 amide bonds. The Hall–Kier alpha value is -1.88. The molecule has 0 heterocycles. The lowest BCUT2D eigenvalue weighted by molar-refractivity contribution is 0.332. The van der Waals surface area contributed by atoms with Crippen LogP contribution in [-0.2, 0) is 13.1 Å². The minimum atomic E-state index is 0.568. The number of rotatable bonds is 8. The van der Waals surface area contributed by atoms with Gasteiger partial charge in [0.15, 0.2) is 0 Å². The number of hydrogen-bond acceptors (Lipinski definition) is 4. The second kappa shape index (κ2) is 9.09. The molecule has 1 rings (SSSR count). The average Bonchev–Trinajstić information content (AvgIpc) is 2.45. The first kappa shape index (κ1) is 16.2. The van der Waals surface area contributed by atoms with Gasteiger partial charge < -0.3 is 9.80 Å². The molecule has 0 unspecified atom stereocenters. The van der Waals surface area contributed by atoms with Crippen LogP contribution in [-0.4, -0.2) is 37.0 Å². The van der Waals surface area contributed by atoms with E-state index in [0.29, 0.717) is 12.8 Å². The Balaban J connectivity index is 2.44. The highest BCUT2D eigenvalue weighted by atomic mass is 15.1. The molecule has 0 atom stereocenters. The highest BCUT2D eigenvalue weighted by molar-refractivity contribution is 5.22. The van der Waals surface area contributed by atoms with Crippen molar-refractivity contribution in [3.05, 3.63) is 35.4 Å². The van der Waals surface area contributed by atoms with Gasteiger partial charge in [-0.3, -0.25) is 0 Å². The Labute approximate surface area is 121 Å². The third-order valence-corrected chi connectivity index (χ3v) is 3.14. The molecule has 0 bridgehead atoms. The highest BCUT2D eigenvalue weighted by Gasteiger charge is 2.02. The van der Waals surface area contributed by atoms with E-state index in [0.717, 1.165) is 26.2 Å². The van der Waals surface area contributed by atoms with E-state index in [-0.39, 0.29) is 0 Å². The average molecular weight is 270 g/mol. The molecule has 1 aromatic rings. The molecule has 4 nitrogen and oxygen atoms in total. The van der Waals surface area contributed by atoms with Crippen LogP contribution in [0.5, 0.6) is 0 Å². The first-order valence-corrected chi connectivity index (χ1v) is 6.84. The van der Waals surface area contributed by atoms with E-state index >= 15 is 0 Å². The number of benzene rings is 1. The van der Waals surface area contributed by atoms with Crippen molar-refractivity contribution < 1.29 is 0 Å². The van der Waals surface area contributed by atoms with Crippen molar-refractivity contribution in [2.45, 2.75) is 25.9 Å². The van der Waals surface area contributed by atoms with Crippen LogP contribution in [0.1, 0.15) is 24.0 Å². The Morgan fingerprint density at radius 1 is 0.800 bits per heavy atom. The molecule has 1 aromatic carbocycles. The van der Waals surface area contributed by atoms with Crippen LogP contribution in [0.25, 0.3) is 0 Å². The van der Waals surface area contributed by atoms with Crippen LogP contribution in [0.4, 0.5) is 0 Å². The summed E-state index contributed by atoms with van der Waals surface area (Å²) in [5.41, 5.74) is 2.52. The van der Waals surface area contributed by atoms with Crippen LogP contribution >= 0.6 is 0 Å². The summed E-state index contributed by atoms with van der Waals surface area (Å²) in [6, 6.07) is 12.9. The van der Waals surface area contributed by atoms with Crippen molar-refractivity contribution in [2.24, 2.45) is 0 Å². The molecule has 0 saturated heterocycles. The fourth-order valence-electron chi connectivity index (χ4n) is 2.01. The van der Waals surface area contributed by atoms with Gasteiger partial charge >= 0.3 is 0 Å². The predicted molar refractivity (Wildman–Crippen MR) is 79.6 cm³/mol. The summed E-state index contributed by atoms with van der Waals surface area (Å²) in [6.45, 7) is 3.34. The third kappa shape index (κ3) is 6.33. The van der Waals surface area contributed by atoms with Crippen LogP contribution in [0.2, 0.25) is 0 Å². The highest BCUT2D eigenvalue weighted by Crippen LogP contribution is 2.09. The minimum Gasteiger partial charge on any atom is -0.301 e. The molecule has 0 N–H and O–H groups in total. The van der Waals surface area contributed by atoms with Crippen molar-refractivity contribution >= 4 is 0 Å². The number of hydrogen-bond donors (Lipinski definition) is 0. The molecule has 0 aromatic heterocycles. The minimum absolute atomic E-state index is 0.568. The maximum atomic E-state index is 8.56. The monoisotopic (exact) mass is 270 g/mol. The summed E-state index contributed by atoms with van der Waals surface area (Å²) in [4.78, 5) is 4.30. The molecular weight excluding hydrogens is 248 g/mol. The molecule has 0 aliphatic carbocycles. The number of nitriles is 2. The zero-order valence-electron chi connectivity index (χ0n) is 12.3. The quantitative estimate of drug-likeness (QED) is 0.727. The van der Waals surface area contributed by atoms with Crippen molar-refractivity contribution in [1.29, 1.82) is 10.5 Å². The zero-order chi connectivity index (χ0) is 14.8. The molecule has 0 radical (unpaired) electrons. The zero-order valence-corrected chi connectivity index (χ0v) is 12.3. The van der Waals surface area contributed by atoms with E-state index in [1.54, 1.807) is 0 Å². The molecule has 106 valence electrons. The molecule has 0 spiro atoms. The Kier molecular flexibility index (Phi) is 7.35. The smallest absolute Gasteiger partial charge is 0.0635 e. The molecule has 0 aliphatic rings. The summed E-state index contributed by atoms with van der Waals surface area (Å²) in [7, 11) is 4.06. The van der Waals surface area contributed by atoms with Crippen molar-refractivity contribution in [2.75, 3.05) is 27.2 Å². The van der Waals surface area contributed by atoms with Gasteiger partial charge in [-0.1, -0.05) is 24.3 Å². The lowest BCUT2D eigenvalue weighted by atomic mass is 10.1. The topological polar surface area (TPSA) is 54.1 Å². The molecule has 0 saturated carbocycles. The van der Waals surface area contributed by atoms with E-state index in [9.17, 15) is 0 Å². The van der Waals surface area contributed by atoms with E-state index in [2.05, 4.69) is 46.2 Å². The van der Waals surface area contributed by atoms with E-state index in [1.807, 2.05) is 14.1 Å². The largest absolute Gasteiger partial charge is 0.301 e. The van der Waals surface area contributed by atoms with Crippen LogP contribution in [0.15, 0.2) is 24.3 Å². The molecule has 20 heavy (non-hydrogen) atoms. The molecular formula is C16H22N4. The van der Waals surface area contributed by atoms with Crippen molar-refractivity contribution in [1.82, 2.24) is 9.80 Å². The summed E-state index contributed by atoms with van der Waals surface area (Å²) < 4.78 is 0. The normalized spacial score (nSPS) is 10.5. The van der Waals surface area contributed by atoms with Gasteiger partial charge in [-0.15, -0.1) is 0 Å². The van der Waals surface area contributed by atoms with Crippen molar-refractivity contribution in [3.63, 3.8) is 0 Å². The Morgan fingerprint density at radius 3 is 1.45 bits per heavy atom. The van der Waals surface area contributed by atoms with Crippen LogP contribution in [0, 0.1) is 22.7 Å². The Morgan fingerprint density at radius 2 is 1.15 bits per heavy atom. The van der Waals surface area contributed by atoms with Gasteiger partial charge in [0.25, 0.3) is 0 Å². The van der Waals surface area contributed by atoms with Gasteiger partial charge in [0, 0.05) is 39.0 Å². The lowest BCUT2D eigenvalue weighted by Crippen LogP contribution is -2.19. The van der Waals surface area contributed by atoms with E-state index in [4.69, 9.17) is 10.5 Å². The maximum absolute atomic E-state index is 8.56. The first-order valence-electron chi connectivity index (χ1n) is 6.84. The summed E-state index contributed by atoms with van der Waals surface area (Å²) in [6.07, 6.45) is 1.14. The van der Waals surface area contributed by atoms with Crippen molar-refractivity contribution in [3.8, 4) is 12.1 Å². The molecule has 0 aliphatic heterocycles. The predicted octanol–water partition coefficient (Wildman–Crippen LogP) is 2.38. The standard InChI is InChI=1S/C16H22N4/c1-19(11-3-9-17)13-15-5-7-16(8-6-15)14-20(2)12-4-10-18/h5-8H,3-4,11-14H2,1-2H3. The summed E-state index contributed by atoms with van der Waals surface area (Å²) >= 11 is 0. The molecule has 0 fully saturated rings. The fourth-order valence-corrected chi connectivity index (χ4v) is 2.01. The van der Waals surface area contributed by atoms with Crippen LogP contribution in [0.3, 0.4) is 0 Å². The van der Waals surface area contributed by atoms with Gasteiger partial charge in [-0.25, -0.2) is 0 Å². The van der Waals surface area contributed by atoms with Crippen LogP contribution < -0.4 is 0 Å². The van der Waals surface area contributed by atoms with Gasteiger partial charge in [0.1, 0.15) is 0 Å². The third-order valence-electron chi connectivity index (χ3n) is 3.14. The Bertz CT molecular complexity index is 422. The SMILES string of the molecule is CN(CCC#N)Cc1ccc(CN(C)CCC#N)cc1. The van der Waals surface area contributed by atoms with Gasteiger partial charge in [-0.05, 0) is 25.2 Å². The summed E-state index contributed by atoms with van der Waals surface area (Å²) in [5, 5.41) is 17.1. The second-order valence-corrected chi connectivity index (χ2v) is 5.11. The fraction of sp³-hybridized carbons (Fsp3) is 0.500. The van der Waals surface area contributed by atoms with E-state index in [1.165, 1.54) is 11.1 Å². The van der Waals surface area contributed by atoms with E-state index < -0.39 is 0 Å². The lowest BCUT2D eigenvalue weighted by Gasteiger charge is -2.17. The summed E-state index contributed by atoms with van der Waals surface area (Å²) in [5.74, 6) is 0. The molecule has 4 heteroatoms. The van der Waals surface area contributed by atoms with Gasteiger partial charge in [0.05, 0.1) is 12.1 Å². The maximum Gasteiger partial charge on any atom is 0.0635 e. The van der Waals surface area contributed by atoms with Gasteiger partial charge in [0.2, 0.25) is 0 Å². The van der Waals surface area contributed by atoms with Gasteiger partial charge in [-0.2, -0.15) is 10.5 Å². The number of nitrogens with zero attached hydrogens (tertiary/aromatic N) is 4.